The van der Waals surface area contributed by atoms with Crippen molar-refractivity contribution in [1.82, 2.24) is 4.98 Å². The molecule has 0 unspecified atom stereocenters. The summed E-state index contributed by atoms with van der Waals surface area (Å²) < 4.78 is 0. The number of allylic oxidation sites excluding steroid dienone is 1. The maximum atomic E-state index is 9.32. The van der Waals surface area contributed by atoms with Crippen LogP contribution in [-0.4, -0.2) is 10.7 Å². The van der Waals surface area contributed by atoms with Crippen molar-refractivity contribution in [3.8, 4) is 17.2 Å². The van der Waals surface area contributed by atoms with Gasteiger partial charge in [-0.05, 0) is 24.6 Å². The summed E-state index contributed by atoms with van der Waals surface area (Å²) in [6, 6.07) is 13.7. The topological polar surface area (TPSA) is 61.1 Å². The third-order valence-corrected chi connectivity index (χ3v) is 2.98. The lowest BCUT2D eigenvalue weighted by Crippen LogP contribution is -2.02. The van der Waals surface area contributed by atoms with Gasteiger partial charge in [0.25, 0.3) is 0 Å². The van der Waals surface area contributed by atoms with Gasteiger partial charge in [0, 0.05) is 17.5 Å². The molecule has 4 nitrogen and oxygen atoms in total. The summed E-state index contributed by atoms with van der Waals surface area (Å²) >= 11 is 0. The maximum Gasteiger partial charge on any atom is 0.149 e. The molecule has 0 bridgehead atoms. The van der Waals surface area contributed by atoms with Crippen molar-refractivity contribution in [3.05, 3.63) is 73.2 Å². The third kappa shape index (κ3) is 3.68. The highest BCUT2D eigenvalue weighted by atomic mass is 15.1. The van der Waals surface area contributed by atoms with Gasteiger partial charge in [0.05, 0.1) is 5.56 Å². The van der Waals surface area contributed by atoms with Crippen LogP contribution in [0, 0.1) is 11.3 Å². The number of hydrogen-bond acceptors (Lipinski definition) is 4. The highest BCUT2D eigenvalue weighted by molar-refractivity contribution is 5.93. The lowest BCUT2D eigenvalue weighted by atomic mass is 10.1. The van der Waals surface area contributed by atoms with Gasteiger partial charge in [-0.25, -0.2) is 9.98 Å². The van der Waals surface area contributed by atoms with E-state index in [0.29, 0.717) is 17.2 Å². The van der Waals surface area contributed by atoms with E-state index in [9.17, 15) is 5.26 Å². The molecular formula is C18H16N4. The first kappa shape index (κ1) is 15.2. The summed E-state index contributed by atoms with van der Waals surface area (Å²) in [5.74, 6) is 0.849. The number of pyridine rings is 1. The Morgan fingerprint density at radius 3 is 2.68 bits per heavy atom. The predicted octanol–water partition coefficient (Wildman–Crippen LogP) is 4.15. The first-order chi connectivity index (χ1) is 10.6. The van der Waals surface area contributed by atoms with E-state index in [2.05, 4.69) is 34.5 Å². The van der Waals surface area contributed by atoms with Crippen molar-refractivity contribution in [1.29, 1.82) is 5.26 Å². The van der Waals surface area contributed by atoms with Crippen LogP contribution in [0.2, 0.25) is 0 Å². The zero-order valence-electron chi connectivity index (χ0n) is 12.4. The summed E-state index contributed by atoms with van der Waals surface area (Å²) in [5.41, 5.74) is 3.07. The molecule has 1 N–H and O–H groups in total. The zero-order valence-corrected chi connectivity index (χ0v) is 12.4. The minimum Gasteiger partial charge on any atom is -0.324 e. The highest BCUT2D eigenvalue weighted by Gasteiger charge is 2.07. The Bertz CT molecular complexity index is 767. The summed E-state index contributed by atoms with van der Waals surface area (Å²) in [5, 5.41) is 12.3. The van der Waals surface area contributed by atoms with Crippen molar-refractivity contribution < 1.29 is 0 Å². The van der Waals surface area contributed by atoms with E-state index < -0.39 is 0 Å². The molecule has 0 aliphatic carbocycles. The molecule has 4 heteroatoms. The van der Waals surface area contributed by atoms with Gasteiger partial charge in [0.15, 0.2) is 0 Å². The van der Waals surface area contributed by atoms with E-state index in [0.717, 1.165) is 16.8 Å². The second kappa shape index (κ2) is 7.00. The first-order valence-corrected chi connectivity index (χ1v) is 6.73. The van der Waals surface area contributed by atoms with E-state index >= 15 is 0 Å². The molecule has 2 aromatic rings. The fourth-order valence-electron chi connectivity index (χ4n) is 1.86. The van der Waals surface area contributed by atoms with Gasteiger partial charge in [0.1, 0.15) is 17.7 Å². The molecule has 0 saturated heterocycles. The summed E-state index contributed by atoms with van der Waals surface area (Å²) in [6.45, 7) is 9.25. The van der Waals surface area contributed by atoms with Crippen molar-refractivity contribution >= 4 is 11.5 Å². The number of hydrogen-bond donors (Lipinski definition) is 1. The Balaban J connectivity index is 2.30. The Morgan fingerprint density at radius 2 is 2.05 bits per heavy atom. The Labute approximate surface area is 130 Å². The van der Waals surface area contributed by atoms with Crippen LogP contribution < -0.4 is 5.32 Å². The molecule has 1 aromatic carbocycles. The second-order valence-corrected chi connectivity index (χ2v) is 4.63. The minimum absolute atomic E-state index is 0.411. The molecule has 1 heterocycles. The lowest BCUT2D eigenvalue weighted by Gasteiger charge is -2.09. The normalized spacial score (nSPS) is 10.6. The van der Waals surface area contributed by atoms with Gasteiger partial charge in [-0.2, -0.15) is 5.26 Å². The summed E-state index contributed by atoms with van der Waals surface area (Å²) in [7, 11) is 0. The highest BCUT2D eigenvalue weighted by Crippen LogP contribution is 2.23. The molecular weight excluding hydrogens is 272 g/mol. The fourth-order valence-corrected chi connectivity index (χ4v) is 1.86. The minimum atomic E-state index is 0.411. The van der Waals surface area contributed by atoms with E-state index in [4.69, 9.17) is 0 Å². The smallest absolute Gasteiger partial charge is 0.149 e. The molecule has 2 rings (SSSR count). The van der Waals surface area contributed by atoms with Crippen LogP contribution in [0.5, 0.6) is 0 Å². The summed E-state index contributed by atoms with van der Waals surface area (Å²) in [6.07, 6.45) is 3.35. The largest absolute Gasteiger partial charge is 0.324 e. The number of rotatable bonds is 5. The van der Waals surface area contributed by atoms with Crippen LogP contribution >= 0.6 is 0 Å². The maximum absolute atomic E-state index is 9.32. The van der Waals surface area contributed by atoms with Crippen LogP contribution in [-0.2, 0) is 0 Å². The Hall–Kier alpha value is -3.19. The molecule has 0 aliphatic heterocycles. The number of nitrogens with zero attached hydrogens (tertiary/aromatic N) is 3. The molecule has 0 fully saturated rings. The van der Waals surface area contributed by atoms with Crippen LogP contribution in [0.3, 0.4) is 0 Å². The molecule has 22 heavy (non-hydrogen) atoms. The monoisotopic (exact) mass is 288 g/mol. The van der Waals surface area contributed by atoms with Crippen LogP contribution in [0.4, 0.5) is 5.82 Å². The van der Waals surface area contributed by atoms with Gasteiger partial charge >= 0.3 is 0 Å². The van der Waals surface area contributed by atoms with E-state index in [1.165, 1.54) is 0 Å². The van der Waals surface area contributed by atoms with Crippen molar-refractivity contribution in [2.45, 2.75) is 6.92 Å². The van der Waals surface area contributed by atoms with Crippen LogP contribution in [0.1, 0.15) is 12.5 Å². The van der Waals surface area contributed by atoms with Crippen molar-refractivity contribution in [2.75, 3.05) is 5.32 Å². The Morgan fingerprint density at radius 1 is 1.32 bits per heavy atom. The van der Waals surface area contributed by atoms with Gasteiger partial charge in [-0.15, -0.1) is 0 Å². The molecule has 0 radical (unpaired) electrons. The quantitative estimate of drug-likeness (QED) is 0.841. The van der Waals surface area contributed by atoms with Gasteiger partial charge in [0.2, 0.25) is 0 Å². The number of anilines is 1. The molecule has 0 amide bonds. The molecule has 108 valence electrons. The molecule has 0 aliphatic rings. The number of aliphatic imine (C=N–C) groups is 1. The molecule has 1 aromatic heterocycles. The SMILES string of the molecule is C=C/C(C)=N\C(=C)Nc1ncc(-c2ccccc2)cc1C#N. The average molecular weight is 288 g/mol. The van der Waals surface area contributed by atoms with E-state index in [1.807, 2.05) is 37.3 Å². The number of nitriles is 1. The van der Waals surface area contributed by atoms with Crippen LogP contribution in [0.15, 0.2) is 72.6 Å². The van der Waals surface area contributed by atoms with E-state index in [-0.39, 0.29) is 0 Å². The van der Waals surface area contributed by atoms with Crippen molar-refractivity contribution in [2.24, 2.45) is 4.99 Å². The Kier molecular flexibility index (Phi) is 4.84. The van der Waals surface area contributed by atoms with Gasteiger partial charge in [-0.3, -0.25) is 0 Å². The number of nitrogens with one attached hydrogen (secondary N) is 1. The van der Waals surface area contributed by atoms with Crippen LogP contribution in [0.25, 0.3) is 11.1 Å². The molecule has 0 atom stereocenters. The average Bonchev–Trinajstić information content (AvgIpc) is 2.55. The first-order valence-electron chi connectivity index (χ1n) is 6.73. The van der Waals surface area contributed by atoms with E-state index in [1.54, 1.807) is 18.3 Å². The van der Waals surface area contributed by atoms with Gasteiger partial charge in [-0.1, -0.05) is 43.5 Å². The van der Waals surface area contributed by atoms with Gasteiger partial charge < -0.3 is 5.32 Å². The molecule has 0 spiro atoms. The number of aromatic nitrogens is 1. The number of benzene rings is 1. The second-order valence-electron chi connectivity index (χ2n) is 4.63. The van der Waals surface area contributed by atoms with Crippen molar-refractivity contribution in [3.63, 3.8) is 0 Å². The zero-order chi connectivity index (χ0) is 15.9. The fraction of sp³-hybridized carbons (Fsp3) is 0.0556. The lowest BCUT2D eigenvalue weighted by molar-refractivity contribution is 1.22. The molecule has 0 saturated carbocycles. The standard InChI is InChI=1S/C18H16N4/c1-4-13(2)21-14(3)22-18-16(11-19)10-17(12-20-18)15-8-6-5-7-9-15/h4-10,12H,1,3H2,2H3,(H,20,22)/b21-13-. The predicted molar refractivity (Wildman–Crippen MR) is 90.5 cm³/mol. The third-order valence-electron chi connectivity index (χ3n) is 2.98. The summed E-state index contributed by atoms with van der Waals surface area (Å²) in [4.78, 5) is 8.50.